The summed E-state index contributed by atoms with van der Waals surface area (Å²) < 4.78 is 38.0. The number of carboxylic acid groups (broad SMARTS) is 1. The molecule has 1 aliphatic carbocycles. The monoisotopic (exact) mass is 263 g/mol. The van der Waals surface area contributed by atoms with Crippen LogP contribution in [0.4, 0.5) is 13.2 Å². The molecule has 0 aliphatic heterocycles. The topological polar surface area (TPSA) is 81.1 Å². The van der Waals surface area contributed by atoms with E-state index in [1.165, 1.54) is 0 Å². The fourth-order valence-corrected chi connectivity index (χ4v) is 1.84. The Labute approximate surface area is 100 Å². The zero-order valence-electron chi connectivity index (χ0n) is 9.31. The van der Waals surface area contributed by atoms with Crippen LogP contribution in [0.1, 0.15) is 18.5 Å². The minimum atomic E-state index is -4.54. The molecule has 0 amide bonds. The Balaban J connectivity index is 2.18. The van der Waals surface area contributed by atoms with Crippen molar-refractivity contribution in [3.8, 4) is 0 Å². The molecule has 5 nitrogen and oxygen atoms in total. The molecule has 3 N–H and O–H groups in total. The third kappa shape index (κ3) is 2.33. The number of nitrogens with zero attached hydrogens (tertiary/aromatic N) is 2. The molecule has 1 saturated carbocycles. The molecule has 1 atom stereocenters. The highest BCUT2D eigenvalue weighted by molar-refractivity contribution is 5.79. The summed E-state index contributed by atoms with van der Waals surface area (Å²) in [4.78, 5) is 11.1. The highest BCUT2D eigenvalue weighted by atomic mass is 19.4. The average Bonchev–Trinajstić information content (AvgIpc) is 2.98. The predicted octanol–water partition coefficient (Wildman–Crippen LogP) is 1.09. The van der Waals surface area contributed by atoms with Gasteiger partial charge >= 0.3 is 12.1 Å². The third-order valence-corrected chi connectivity index (χ3v) is 3.06. The van der Waals surface area contributed by atoms with Crippen LogP contribution in [-0.4, -0.2) is 26.4 Å². The van der Waals surface area contributed by atoms with Crippen molar-refractivity contribution in [1.29, 1.82) is 0 Å². The van der Waals surface area contributed by atoms with Crippen molar-refractivity contribution in [2.45, 2.75) is 31.1 Å². The number of alkyl halides is 3. The van der Waals surface area contributed by atoms with Gasteiger partial charge in [-0.1, -0.05) is 0 Å². The minimum Gasteiger partial charge on any atom is -0.480 e. The van der Waals surface area contributed by atoms with E-state index in [1.807, 2.05) is 0 Å². The molecule has 0 bridgehead atoms. The summed E-state index contributed by atoms with van der Waals surface area (Å²) in [6, 6.07) is 0.801. The molecule has 0 radical (unpaired) electrons. The lowest BCUT2D eigenvalue weighted by Gasteiger charge is -2.24. The lowest BCUT2D eigenvalue weighted by atomic mass is 9.95. The van der Waals surface area contributed by atoms with Crippen molar-refractivity contribution < 1.29 is 23.1 Å². The van der Waals surface area contributed by atoms with Gasteiger partial charge in [0.2, 0.25) is 0 Å². The van der Waals surface area contributed by atoms with Gasteiger partial charge in [0.15, 0.2) is 5.69 Å². The van der Waals surface area contributed by atoms with Crippen LogP contribution in [0.15, 0.2) is 12.3 Å². The number of nitrogens with two attached hydrogens (primary N) is 1. The number of carbonyl (C=O) groups is 1. The van der Waals surface area contributed by atoms with E-state index < -0.39 is 23.4 Å². The van der Waals surface area contributed by atoms with E-state index in [9.17, 15) is 18.0 Å². The summed E-state index contributed by atoms with van der Waals surface area (Å²) in [5.41, 5.74) is 3.16. The molecule has 0 saturated heterocycles. The van der Waals surface area contributed by atoms with Gasteiger partial charge < -0.3 is 10.8 Å². The molecular weight excluding hydrogens is 251 g/mol. The normalized spacial score (nSPS) is 19.6. The maximum atomic E-state index is 12.3. The molecule has 18 heavy (non-hydrogen) atoms. The van der Waals surface area contributed by atoms with Crippen LogP contribution in [0, 0.1) is 5.92 Å². The molecule has 100 valence electrons. The smallest absolute Gasteiger partial charge is 0.435 e. The Kier molecular flexibility index (Phi) is 2.84. The van der Waals surface area contributed by atoms with E-state index in [1.54, 1.807) is 0 Å². The van der Waals surface area contributed by atoms with E-state index in [2.05, 4.69) is 5.10 Å². The summed E-state index contributed by atoms with van der Waals surface area (Å²) in [6.07, 6.45) is -2.09. The third-order valence-electron chi connectivity index (χ3n) is 3.06. The Hall–Kier alpha value is -1.57. The van der Waals surface area contributed by atoms with Gasteiger partial charge in [0.1, 0.15) is 5.54 Å². The molecule has 1 unspecified atom stereocenters. The lowest BCUT2D eigenvalue weighted by molar-refractivity contribution is -0.145. The first-order chi connectivity index (χ1) is 8.23. The maximum Gasteiger partial charge on any atom is 0.435 e. The highest BCUT2D eigenvalue weighted by Crippen LogP contribution is 2.39. The van der Waals surface area contributed by atoms with E-state index in [0.29, 0.717) is 12.8 Å². The Morgan fingerprint density at radius 1 is 1.56 bits per heavy atom. The van der Waals surface area contributed by atoms with E-state index in [-0.39, 0.29) is 12.5 Å². The van der Waals surface area contributed by atoms with Gasteiger partial charge in [0.25, 0.3) is 0 Å². The average molecular weight is 263 g/mol. The minimum absolute atomic E-state index is 0.200. The Bertz CT molecular complexity index is 467. The maximum absolute atomic E-state index is 12.3. The molecule has 1 aromatic rings. The van der Waals surface area contributed by atoms with E-state index in [4.69, 9.17) is 10.8 Å². The van der Waals surface area contributed by atoms with E-state index in [0.717, 1.165) is 16.9 Å². The van der Waals surface area contributed by atoms with Gasteiger partial charge in [0, 0.05) is 6.20 Å². The zero-order chi connectivity index (χ0) is 13.6. The standard InChI is InChI=1S/C10H12F3N3O2/c11-10(12,13)7-3-4-16(15-7)5-9(14,8(17)18)6-1-2-6/h3-4,6H,1-2,5,14H2,(H,17,18). The molecule has 8 heteroatoms. The zero-order valence-corrected chi connectivity index (χ0v) is 9.31. The SMILES string of the molecule is NC(Cn1ccc(C(F)(F)F)n1)(C(=O)O)C1CC1. The van der Waals surface area contributed by atoms with Gasteiger partial charge in [-0.15, -0.1) is 0 Å². The summed E-state index contributed by atoms with van der Waals surface area (Å²) in [6.45, 7) is -0.261. The summed E-state index contributed by atoms with van der Waals surface area (Å²) in [5.74, 6) is -1.41. The molecule has 1 aliphatic rings. The molecule has 1 aromatic heterocycles. The van der Waals surface area contributed by atoms with Gasteiger partial charge in [-0.3, -0.25) is 9.48 Å². The Morgan fingerprint density at radius 3 is 2.56 bits per heavy atom. The number of hydrogen-bond acceptors (Lipinski definition) is 3. The van der Waals surface area contributed by atoms with Gasteiger partial charge in [0.05, 0.1) is 6.54 Å². The first-order valence-corrected chi connectivity index (χ1v) is 5.36. The summed E-state index contributed by atoms with van der Waals surface area (Å²) in [7, 11) is 0. The largest absolute Gasteiger partial charge is 0.480 e. The van der Waals surface area contributed by atoms with Crippen molar-refractivity contribution in [2.24, 2.45) is 11.7 Å². The number of aliphatic carboxylic acids is 1. The second-order valence-corrected chi connectivity index (χ2v) is 4.52. The van der Waals surface area contributed by atoms with Crippen molar-refractivity contribution in [1.82, 2.24) is 9.78 Å². The van der Waals surface area contributed by atoms with Gasteiger partial charge in [-0.05, 0) is 24.8 Å². The molecule has 0 spiro atoms. The van der Waals surface area contributed by atoms with Crippen LogP contribution in [-0.2, 0) is 17.5 Å². The number of halogens is 3. The van der Waals surface area contributed by atoms with Gasteiger partial charge in [-0.25, -0.2) is 0 Å². The predicted molar refractivity (Wildman–Crippen MR) is 54.5 cm³/mol. The van der Waals surface area contributed by atoms with Crippen molar-refractivity contribution in [2.75, 3.05) is 0 Å². The van der Waals surface area contributed by atoms with Crippen LogP contribution < -0.4 is 5.73 Å². The number of carboxylic acids is 1. The first kappa shape index (κ1) is 12.9. The lowest BCUT2D eigenvalue weighted by Crippen LogP contribution is -2.53. The van der Waals surface area contributed by atoms with Crippen LogP contribution in [0.25, 0.3) is 0 Å². The Morgan fingerprint density at radius 2 is 2.17 bits per heavy atom. The number of hydrogen-bond donors (Lipinski definition) is 2. The quantitative estimate of drug-likeness (QED) is 0.852. The molecule has 1 fully saturated rings. The number of aromatic nitrogens is 2. The van der Waals surface area contributed by atoms with E-state index >= 15 is 0 Å². The van der Waals surface area contributed by atoms with Crippen LogP contribution in [0.2, 0.25) is 0 Å². The summed E-state index contributed by atoms with van der Waals surface area (Å²) >= 11 is 0. The second-order valence-electron chi connectivity index (χ2n) is 4.52. The molecule has 0 aromatic carbocycles. The van der Waals surface area contributed by atoms with Crippen LogP contribution in [0.3, 0.4) is 0 Å². The van der Waals surface area contributed by atoms with Crippen LogP contribution >= 0.6 is 0 Å². The summed E-state index contributed by atoms with van der Waals surface area (Å²) in [5, 5.41) is 12.4. The molecular formula is C10H12F3N3O2. The van der Waals surface area contributed by atoms with Crippen molar-refractivity contribution >= 4 is 5.97 Å². The number of rotatable bonds is 4. The van der Waals surface area contributed by atoms with Crippen molar-refractivity contribution in [3.63, 3.8) is 0 Å². The molecule has 1 heterocycles. The fraction of sp³-hybridized carbons (Fsp3) is 0.600. The van der Waals surface area contributed by atoms with Crippen LogP contribution in [0.5, 0.6) is 0 Å². The van der Waals surface area contributed by atoms with Crippen molar-refractivity contribution in [3.05, 3.63) is 18.0 Å². The van der Waals surface area contributed by atoms with Gasteiger partial charge in [-0.2, -0.15) is 18.3 Å². The fourth-order valence-electron chi connectivity index (χ4n) is 1.84. The molecule has 2 rings (SSSR count). The second kappa shape index (κ2) is 3.98. The highest BCUT2D eigenvalue weighted by Gasteiger charge is 2.49. The first-order valence-electron chi connectivity index (χ1n) is 5.36.